The van der Waals surface area contributed by atoms with Crippen LogP contribution in [0.3, 0.4) is 0 Å². The third-order valence-corrected chi connectivity index (χ3v) is 8.00. The molecule has 3 heterocycles. The molecule has 5 rings (SSSR count). The molecule has 1 amide bonds. The zero-order valence-electron chi connectivity index (χ0n) is 22.7. The molecule has 0 spiro atoms. The zero-order valence-corrected chi connectivity index (χ0v) is 23.4. The SMILES string of the molecule is CCN1c2nc(-c3ccc(O[C@H]4CCC[C@@H]4C)nc3C)n(Cc3ccc(Cl)cc3)c2C(=O)N(CCCO)C1O. The minimum Gasteiger partial charge on any atom is -0.474 e. The molecule has 2 aromatic heterocycles. The third kappa shape index (κ3) is 5.35. The molecule has 2 aliphatic rings. The molecule has 1 aromatic carbocycles. The number of aliphatic hydroxyl groups is 2. The van der Waals surface area contributed by atoms with Crippen molar-refractivity contribution < 1.29 is 19.7 Å². The Balaban J connectivity index is 1.60. The number of anilines is 1. The first-order valence-electron chi connectivity index (χ1n) is 13.7. The standard InChI is InChI=1S/C29H36ClN5O4/c1-4-33-27-25(28(37)34(29(33)38)15-6-16-36)35(17-20-9-11-21(30)12-10-20)26(32-27)22-13-14-24(31-19(22)3)39-23-8-5-7-18(23)2/h9-14,18,23,29,36,38H,4-8,15-17H2,1-3H3/t18-,23-,29?/m0/s1. The Morgan fingerprint density at radius 2 is 1.87 bits per heavy atom. The van der Waals surface area contributed by atoms with Crippen LogP contribution in [0.4, 0.5) is 5.82 Å². The second-order valence-corrected chi connectivity index (χ2v) is 10.8. The predicted octanol–water partition coefficient (Wildman–Crippen LogP) is 4.46. The van der Waals surface area contributed by atoms with Crippen molar-refractivity contribution in [2.24, 2.45) is 5.92 Å². The smallest absolute Gasteiger partial charge is 0.277 e. The van der Waals surface area contributed by atoms with Gasteiger partial charge in [-0.15, -0.1) is 0 Å². The minimum absolute atomic E-state index is 0.0797. The highest BCUT2D eigenvalue weighted by Crippen LogP contribution is 2.36. The van der Waals surface area contributed by atoms with Gasteiger partial charge in [-0.2, -0.15) is 0 Å². The summed E-state index contributed by atoms with van der Waals surface area (Å²) in [4.78, 5) is 26.6. The average Bonchev–Trinajstić information content (AvgIpc) is 3.49. The van der Waals surface area contributed by atoms with Gasteiger partial charge in [-0.1, -0.05) is 30.7 Å². The van der Waals surface area contributed by atoms with Crippen LogP contribution in [0.15, 0.2) is 36.4 Å². The van der Waals surface area contributed by atoms with Gasteiger partial charge in [0.15, 0.2) is 11.5 Å². The Labute approximate surface area is 234 Å². The summed E-state index contributed by atoms with van der Waals surface area (Å²) >= 11 is 6.13. The molecule has 0 radical (unpaired) electrons. The lowest BCUT2D eigenvalue weighted by Gasteiger charge is -2.40. The van der Waals surface area contributed by atoms with E-state index < -0.39 is 6.35 Å². The third-order valence-electron chi connectivity index (χ3n) is 7.75. The quantitative estimate of drug-likeness (QED) is 0.403. The van der Waals surface area contributed by atoms with E-state index in [1.54, 1.807) is 4.90 Å². The second-order valence-electron chi connectivity index (χ2n) is 10.4. The lowest BCUT2D eigenvalue weighted by molar-refractivity contribution is -0.00104. The molecule has 1 unspecified atom stereocenters. The van der Waals surface area contributed by atoms with E-state index in [4.69, 9.17) is 26.3 Å². The van der Waals surface area contributed by atoms with Gasteiger partial charge in [0.05, 0.1) is 5.69 Å². The number of pyridine rings is 1. The zero-order chi connectivity index (χ0) is 27.7. The van der Waals surface area contributed by atoms with Crippen molar-refractivity contribution in [3.8, 4) is 17.3 Å². The number of ether oxygens (including phenoxy) is 1. The molecule has 3 aromatic rings. The number of halogens is 1. The molecular weight excluding hydrogens is 518 g/mol. The number of imidazole rings is 1. The van der Waals surface area contributed by atoms with Crippen molar-refractivity contribution in [1.82, 2.24) is 19.4 Å². The molecular formula is C29H36ClN5O4. The lowest BCUT2D eigenvalue weighted by atomic mass is 10.1. The van der Waals surface area contributed by atoms with Crippen LogP contribution in [0.25, 0.3) is 11.4 Å². The Bertz CT molecular complexity index is 1330. The summed E-state index contributed by atoms with van der Waals surface area (Å²) in [6, 6.07) is 11.3. The topological polar surface area (TPSA) is 104 Å². The maximum atomic E-state index is 13.8. The number of carbonyl (C=O) groups is 1. The van der Waals surface area contributed by atoms with Crippen LogP contribution < -0.4 is 9.64 Å². The summed E-state index contributed by atoms with van der Waals surface area (Å²) in [6.45, 7) is 7.00. The van der Waals surface area contributed by atoms with E-state index in [2.05, 4.69) is 6.92 Å². The fourth-order valence-corrected chi connectivity index (χ4v) is 5.68. The fourth-order valence-electron chi connectivity index (χ4n) is 5.55. The lowest BCUT2D eigenvalue weighted by Crippen LogP contribution is -2.56. The molecule has 1 saturated carbocycles. The van der Waals surface area contributed by atoms with E-state index in [1.807, 2.05) is 54.8 Å². The number of rotatable bonds is 9. The summed E-state index contributed by atoms with van der Waals surface area (Å²) in [6.07, 6.45) is 2.73. The number of hydrogen-bond donors (Lipinski definition) is 2. The van der Waals surface area contributed by atoms with Gasteiger partial charge in [-0.25, -0.2) is 9.97 Å². The Kier molecular flexibility index (Phi) is 8.11. The summed E-state index contributed by atoms with van der Waals surface area (Å²) in [5.74, 6) is 1.78. The molecule has 1 aliphatic heterocycles. The maximum Gasteiger partial charge on any atom is 0.277 e. The molecule has 0 saturated heterocycles. The van der Waals surface area contributed by atoms with Gasteiger partial charge in [0.1, 0.15) is 11.9 Å². The van der Waals surface area contributed by atoms with E-state index in [-0.39, 0.29) is 25.2 Å². The van der Waals surface area contributed by atoms with Crippen molar-refractivity contribution in [3.63, 3.8) is 0 Å². The van der Waals surface area contributed by atoms with Crippen LogP contribution in [0.2, 0.25) is 5.02 Å². The summed E-state index contributed by atoms with van der Waals surface area (Å²) in [5.41, 5.74) is 2.87. The number of carbonyl (C=O) groups excluding carboxylic acids is 1. The van der Waals surface area contributed by atoms with E-state index >= 15 is 0 Å². The Hall–Kier alpha value is -3.14. The number of nitrogens with zero attached hydrogens (tertiary/aromatic N) is 5. The molecule has 3 atom stereocenters. The number of fused-ring (bicyclic) bond motifs is 1. The Morgan fingerprint density at radius 1 is 1.10 bits per heavy atom. The van der Waals surface area contributed by atoms with Crippen molar-refractivity contribution >= 4 is 23.3 Å². The first-order valence-corrected chi connectivity index (χ1v) is 14.1. The Morgan fingerprint density at radius 3 is 2.51 bits per heavy atom. The second kappa shape index (κ2) is 11.5. The van der Waals surface area contributed by atoms with Gasteiger partial charge < -0.3 is 24.4 Å². The molecule has 0 bridgehead atoms. The van der Waals surface area contributed by atoms with Crippen LogP contribution in [-0.4, -0.2) is 67.7 Å². The highest BCUT2D eigenvalue weighted by Gasteiger charge is 2.41. The van der Waals surface area contributed by atoms with Gasteiger partial charge in [0.25, 0.3) is 5.91 Å². The summed E-state index contributed by atoms with van der Waals surface area (Å²) in [7, 11) is 0. The van der Waals surface area contributed by atoms with Crippen molar-refractivity contribution in [1.29, 1.82) is 0 Å². The first kappa shape index (κ1) is 27.4. The van der Waals surface area contributed by atoms with Crippen LogP contribution in [-0.2, 0) is 6.54 Å². The molecule has 208 valence electrons. The molecule has 1 aliphatic carbocycles. The maximum absolute atomic E-state index is 13.8. The molecule has 10 heteroatoms. The summed E-state index contributed by atoms with van der Waals surface area (Å²) < 4.78 is 8.12. The highest BCUT2D eigenvalue weighted by molar-refractivity contribution is 6.30. The monoisotopic (exact) mass is 553 g/mol. The van der Waals surface area contributed by atoms with Gasteiger partial charge in [0.2, 0.25) is 12.2 Å². The highest BCUT2D eigenvalue weighted by atomic mass is 35.5. The van der Waals surface area contributed by atoms with E-state index in [1.165, 1.54) is 17.7 Å². The van der Waals surface area contributed by atoms with Crippen LogP contribution in [0, 0.1) is 12.8 Å². The van der Waals surface area contributed by atoms with Gasteiger partial charge in [0, 0.05) is 42.9 Å². The van der Waals surface area contributed by atoms with Gasteiger partial charge in [-0.3, -0.25) is 9.69 Å². The molecule has 2 N–H and O–H groups in total. The van der Waals surface area contributed by atoms with Crippen molar-refractivity contribution in [2.75, 3.05) is 24.6 Å². The van der Waals surface area contributed by atoms with Crippen molar-refractivity contribution in [3.05, 3.63) is 58.4 Å². The largest absolute Gasteiger partial charge is 0.474 e. The van der Waals surface area contributed by atoms with Crippen molar-refractivity contribution in [2.45, 2.75) is 65.5 Å². The molecule has 1 fully saturated rings. The number of aliphatic hydroxyl groups excluding tert-OH is 2. The predicted molar refractivity (Wildman–Crippen MR) is 150 cm³/mol. The number of aromatic nitrogens is 3. The first-order chi connectivity index (χ1) is 18.8. The molecule has 9 nitrogen and oxygen atoms in total. The normalized spacial score (nSPS) is 21.0. The average molecular weight is 554 g/mol. The summed E-state index contributed by atoms with van der Waals surface area (Å²) in [5, 5.41) is 21.1. The number of hydrogen-bond acceptors (Lipinski definition) is 7. The van der Waals surface area contributed by atoms with E-state index in [0.717, 1.165) is 23.2 Å². The number of aryl methyl sites for hydroxylation is 1. The minimum atomic E-state index is -1.17. The number of amides is 1. The van der Waals surface area contributed by atoms with E-state index in [9.17, 15) is 15.0 Å². The van der Waals surface area contributed by atoms with E-state index in [0.29, 0.717) is 53.7 Å². The van der Waals surface area contributed by atoms with Crippen LogP contribution >= 0.6 is 11.6 Å². The van der Waals surface area contributed by atoms with Gasteiger partial charge >= 0.3 is 0 Å². The number of benzene rings is 1. The molecule has 39 heavy (non-hydrogen) atoms. The van der Waals surface area contributed by atoms with Crippen LogP contribution in [0.5, 0.6) is 5.88 Å². The fraction of sp³-hybridized carbons (Fsp3) is 0.483. The van der Waals surface area contributed by atoms with Crippen LogP contribution in [0.1, 0.15) is 61.3 Å². The van der Waals surface area contributed by atoms with Gasteiger partial charge in [-0.05, 0) is 69.2 Å².